The topological polar surface area (TPSA) is 174 Å². The number of aliphatic hydroxyl groups excluding tert-OH is 3. The molecule has 3 aliphatic heterocycles. The van der Waals surface area contributed by atoms with Crippen molar-refractivity contribution in [2.24, 2.45) is 35.5 Å². The molecule has 0 spiro atoms. The molecule has 4 fully saturated rings. The Labute approximate surface area is 317 Å². The zero-order chi connectivity index (χ0) is 39.7. The van der Waals surface area contributed by atoms with E-state index in [0.29, 0.717) is 6.42 Å². The van der Waals surface area contributed by atoms with E-state index in [9.17, 15) is 30.0 Å². The van der Waals surface area contributed by atoms with Crippen molar-refractivity contribution in [3.05, 3.63) is 0 Å². The summed E-state index contributed by atoms with van der Waals surface area (Å²) in [6, 6.07) is -0.295. The number of carbonyl (C=O) groups is 2. The lowest BCUT2D eigenvalue weighted by Crippen LogP contribution is -2.60. The van der Waals surface area contributed by atoms with Gasteiger partial charge in [-0.1, -0.05) is 40.5 Å². The fraction of sp³-hybridized carbons (Fsp3) is 0.950. The molecule has 0 amide bonds. The zero-order valence-corrected chi connectivity index (χ0v) is 34.3. The minimum Gasteiger partial charge on any atom is -0.461 e. The maximum Gasteiger partial charge on any atom is 0.311 e. The average molecular weight is 758 g/mol. The van der Waals surface area contributed by atoms with Crippen molar-refractivity contribution in [3.8, 4) is 0 Å². The highest BCUT2D eigenvalue weighted by Crippen LogP contribution is 2.42. The van der Waals surface area contributed by atoms with Crippen molar-refractivity contribution < 1.29 is 58.4 Å². The van der Waals surface area contributed by atoms with Crippen molar-refractivity contribution in [2.45, 2.75) is 186 Å². The molecule has 13 heteroatoms. The molecule has 308 valence electrons. The minimum atomic E-state index is -1.72. The van der Waals surface area contributed by atoms with E-state index in [1.165, 1.54) is 7.11 Å². The maximum atomic E-state index is 14.4. The van der Waals surface area contributed by atoms with Crippen molar-refractivity contribution >= 4 is 11.8 Å². The molecule has 0 aromatic carbocycles. The van der Waals surface area contributed by atoms with Gasteiger partial charge in [0.25, 0.3) is 0 Å². The van der Waals surface area contributed by atoms with E-state index in [-0.39, 0.29) is 36.7 Å². The van der Waals surface area contributed by atoms with Crippen molar-refractivity contribution in [1.29, 1.82) is 0 Å². The summed E-state index contributed by atoms with van der Waals surface area (Å²) in [5.41, 5.74) is -2.73. The van der Waals surface area contributed by atoms with Gasteiger partial charge in [-0.2, -0.15) is 0 Å². The summed E-state index contributed by atoms with van der Waals surface area (Å²) in [5.74, 6) is -4.44. The van der Waals surface area contributed by atoms with Crippen LogP contribution in [0, 0.1) is 35.5 Å². The number of methoxy groups -OCH3 is 1. The number of hydrogen-bond donors (Lipinski definition) is 4. The number of ketones is 1. The smallest absolute Gasteiger partial charge is 0.311 e. The van der Waals surface area contributed by atoms with E-state index in [2.05, 4.69) is 0 Å². The number of Topliss-reactive ketones (excluding diaryl/α,β-unsaturated/α-hetero) is 1. The second-order valence-corrected chi connectivity index (χ2v) is 17.8. The van der Waals surface area contributed by atoms with E-state index in [4.69, 9.17) is 28.4 Å². The average Bonchev–Trinajstić information content (AvgIpc) is 3.64. The van der Waals surface area contributed by atoms with E-state index >= 15 is 0 Å². The van der Waals surface area contributed by atoms with E-state index in [1.54, 1.807) is 41.5 Å². The Kier molecular flexibility index (Phi) is 15.0. The van der Waals surface area contributed by atoms with Crippen LogP contribution < -0.4 is 0 Å². The van der Waals surface area contributed by atoms with Crippen LogP contribution in [0.2, 0.25) is 0 Å². The van der Waals surface area contributed by atoms with Crippen LogP contribution in [-0.2, 0) is 38.0 Å². The van der Waals surface area contributed by atoms with Crippen molar-refractivity contribution in [3.63, 3.8) is 0 Å². The molecule has 3 saturated heterocycles. The third-order valence-corrected chi connectivity index (χ3v) is 13.2. The first-order chi connectivity index (χ1) is 24.6. The third kappa shape index (κ3) is 9.83. The second-order valence-electron chi connectivity index (χ2n) is 17.8. The molecule has 0 aromatic rings. The Balaban J connectivity index is 1.82. The van der Waals surface area contributed by atoms with Crippen LogP contribution in [0.25, 0.3) is 0 Å². The number of carbonyl (C=O) groups excluding carboxylic acids is 2. The molecule has 3 heterocycles. The molecule has 1 aliphatic carbocycles. The van der Waals surface area contributed by atoms with Crippen LogP contribution in [0.4, 0.5) is 0 Å². The molecule has 13 nitrogen and oxygen atoms in total. The lowest BCUT2D eigenvalue weighted by Gasteiger charge is -2.49. The number of ether oxygens (including phenoxy) is 6. The monoisotopic (exact) mass is 757 g/mol. The lowest BCUT2D eigenvalue weighted by molar-refractivity contribution is -0.317. The fourth-order valence-electron chi connectivity index (χ4n) is 9.67. The van der Waals surface area contributed by atoms with Crippen molar-refractivity contribution in [2.75, 3.05) is 21.2 Å². The summed E-state index contributed by atoms with van der Waals surface area (Å²) >= 11 is 0. The van der Waals surface area contributed by atoms with Crippen LogP contribution in [0.5, 0.6) is 0 Å². The van der Waals surface area contributed by atoms with Gasteiger partial charge in [-0.15, -0.1) is 0 Å². The minimum absolute atomic E-state index is 0.0278. The van der Waals surface area contributed by atoms with Crippen LogP contribution in [0.3, 0.4) is 0 Å². The quantitative estimate of drug-likeness (QED) is 0.279. The van der Waals surface area contributed by atoms with E-state index < -0.39 is 102 Å². The molecule has 4 N–H and O–H groups in total. The van der Waals surface area contributed by atoms with E-state index in [0.717, 1.165) is 25.7 Å². The fourth-order valence-corrected chi connectivity index (χ4v) is 9.67. The van der Waals surface area contributed by atoms with Gasteiger partial charge < -0.3 is 53.7 Å². The molecule has 18 atom stereocenters. The van der Waals surface area contributed by atoms with Gasteiger partial charge in [-0.05, 0) is 80.3 Å². The molecule has 1 saturated carbocycles. The Morgan fingerprint density at radius 2 is 1.45 bits per heavy atom. The summed E-state index contributed by atoms with van der Waals surface area (Å²) in [7, 11) is 5.26. The standard InChI is InChI=1S/C40H71NO12/c1-20-18-39(8,47)36(53-38-32(44)28(41(10)11)17-21(2)49-38)24(5)33(51-29-19-40(9,48-12)35(45)26(7)50-29)25(6)37(46)52-34(27-15-13-14-16-27)23(4)31(43)22(3)30(20)42/h20-29,31-36,38,43-45,47H,13-19H2,1-12H3/t20-,21-,22+,23-,24+,25-,26+,28+,29+,31-,32-,33?,34+,35+,36-,38+,39-,40-/m1/s1. The third-order valence-electron chi connectivity index (χ3n) is 13.2. The highest BCUT2D eigenvalue weighted by Gasteiger charge is 2.52. The second kappa shape index (κ2) is 17.9. The van der Waals surface area contributed by atoms with Crippen LogP contribution in [-0.4, -0.2) is 137 Å². The number of nitrogens with zero attached hydrogens (tertiary/aromatic N) is 1. The normalized spacial score (nSPS) is 48.8. The summed E-state index contributed by atoms with van der Waals surface area (Å²) in [5, 5.41) is 46.6. The lowest BCUT2D eigenvalue weighted by atomic mass is 9.74. The molecule has 4 rings (SSSR count). The van der Waals surface area contributed by atoms with Gasteiger partial charge in [0, 0.05) is 43.2 Å². The number of hydrogen-bond acceptors (Lipinski definition) is 13. The summed E-state index contributed by atoms with van der Waals surface area (Å²) in [6.45, 7) is 15.8. The van der Waals surface area contributed by atoms with Gasteiger partial charge in [0.15, 0.2) is 12.6 Å². The Bertz CT molecular complexity index is 1210. The number of esters is 1. The summed E-state index contributed by atoms with van der Waals surface area (Å²) < 4.78 is 38.0. The molecule has 0 radical (unpaired) electrons. The number of cyclic esters (lactones) is 1. The van der Waals surface area contributed by atoms with Crippen LogP contribution >= 0.6 is 0 Å². The van der Waals surface area contributed by atoms with Gasteiger partial charge in [-0.25, -0.2) is 0 Å². The van der Waals surface area contributed by atoms with Gasteiger partial charge >= 0.3 is 5.97 Å². The van der Waals surface area contributed by atoms with Gasteiger partial charge in [0.2, 0.25) is 0 Å². The molecule has 4 aliphatic rings. The molecule has 53 heavy (non-hydrogen) atoms. The van der Waals surface area contributed by atoms with Crippen molar-refractivity contribution in [1.82, 2.24) is 4.90 Å². The Morgan fingerprint density at radius 3 is 2.04 bits per heavy atom. The molecule has 1 unspecified atom stereocenters. The predicted molar refractivity (Wildman–Crippen MR) is 196 cm³/mol. The highest BCUT2D eigenvalue weighted by atomic mass is 16.7. The number of likely N-dealkylation sites (N-methyl/N-ethyl adjacent to an activating group) is 1. The number of rotatable bonds is 7. The van der Waals surface area contributed by atoms with Crippen LogP contribution in [0.15, 0.2) is 0 Å². The molecular formula is C40H71NO12. The number of aliphatic hydroxyl groups is 4. The predicted octanol–water partition coefficient (Wildman–Crippen LogP) is 3.45. The van der Waals surface area contributed by atoms with Gasteiger partial charge in [0.1, 0.15) is 24.1 Å². The van der Waals surface area contributed by atoms with E-state index in [1.807, 2.05) is 39.8 Å². The SMILES string of the molecule is CO[C@]1(C)C[C@H](OC2[C@@H](C)C(=O)O[C@H](C3CCCC3)[C@H](C)[C@H](O)[C@@H](C)C(=O)[C@H](C)C[C@@](C)(O)[C@H](O[C@@H]3O[C@H](C)C[C@H](N(C)C)[C@H]3O)[C@H]2C)O[C@@H](C)[C@@H]1O. The van der Waals surface area contributed by atoms with Gasteiger partial charge in [0.05, 0.1) is 47.6 Å². The summed E-state index contributed by atoms with van der Waals surface area (Å²) in [6.07, 6.45) is -4.53. The Hall–Kier alpha value is -1.26. The first-order valence-corrected chi connectivity index (χ1v) is 20.0. The van der Waals surface area contributed by atoms with Gasteiger partial charge in [-0.3, -0.25) is 9.59 Å². The Morgan fingerprint density at radius 1 is 0.830 bits per heavy atom. The molecule has 0 aromatic heterocycles. The first-order valence-electron chi connectivity index (χ1n) is 20.0. The zero-order valence-electron chi connectivity index (χ0n) is 34.3. The first kappa shape index (κ1) is 44.5. The largest absolute Gasteiger partial charge is 0.461 e. The van der Waals surface area contributed by atoms with Crippen LogP contribution in [0.1, 0.15) is 107 Å². The molecular weight excluding hydrogens is 686 g/mol. The highest BCUT2D eigenvalue weighted by molar-refractivity contribution is 5.83. The summed E-state index contributed by atoms with van der Waals surface area (Å²) in [4.78, 5) is 30.4. The maximum absolute atomic E-state index is 14.4. The molecule has 0 bridgehead atoms.